The molecule has 0 N–H and O–H groups in total. The first kappa shape index (κ1) is 6.23. The Bertz CT molecular complexity index is 103. The van der Waals surface area contributed by atoms with Gasteiger partial charge in [0.25, 0.3) is 0 Å². The van der Waals surface area contributed by atoms with E-state index in [4.69, 9.17) is 4.74 Å². The van der Waals surface area contributed by atoms with Crippen LogP contribution in [-0.4, -0.2) is 28.4 Å². The summed E-state index contributed by atoms with van der Waals surface area (Å²) in [5, 5.41) is 0. The molecule has 0 aliphatic carbocycles. The van der Waals surface area contributed by atoms with E-state index < -0.39 is 10.8 Å². The first-order chi connectivity index (χ1) is 3.79. The van der Waals surface area contributed by atoms with E-state index in [0.717, 1.165) is 11.5 Å². The van der Waals surface area contributed by atoms with Gasteiger partial charge in [-0.3, -0.25) is 4.21 Å². The topological polar surface area (TPSA) is 26.3 Å². The van der Waals surface area contributed by atoms with Crippen LogP contribution in [0.5, 0.6) is 0 Å². The van der Waals surface area contributed by atoms with Gasteiger partial charge in [-0.1, -0.05) is 0 Å². The standard InChI is InChI=1S/C5H10O2S/c1-5-4-8(6)3-2-7-5/h5H,2-4H2,1H3. The minimum Gasteiger partial charge on any atom is -0.377 e. The molecule has 48 valence electrons. The van der Waals surface area contributed by atoms with Gasteiger partial charge >= 0.3 is 0 Å². The van der Waals surface area contributed by atoms with Crippen molar-refractivity contribution in [3.05, 3.63) is 0 Å². The molecule has 0 spiro atoms. The van der Waals surface area contributed by atoms with E-state index in [2.05, 4.69) is 0 Å². The van der Waals surface area contributed by atoms with Crippen LogP contribution in [0.15, 0.2) is 0 Å². The normalized spacial score (nSPS) is 39.6. The third-order valence-corrected chi connectivity index (χ3v) is 2.60. The molecule has 0 aromatic rings. The second kappa shape index (κ2) is 2.60. The van der Waals surface area contributed by atoms with E-state index in [1.807, 2.05) is 6.92 Å². The average molecular weight is 134 g/mol. The molecule has 0 radical (unpaired) electrons. The average Bonchev–Trinajstić information content (AvgIpc) is 1.64. The van der Waals surface area contributed by atoms with Crippen molar-refractivity contribution in [2.75, 3.05) is 18.1 Å². The van der Waals surface area contributed by atoms with Crippen LogP contribution in [0.2, 0.25) is 0 Å². The van der Waals surface area contributed by atoms with Crippen molar-refractivity contribution in [3.63, 3.8) is 0 Å². The molecule has 0 aromatic carbocycles. The summed E-state index contributed by atoms with van der Waals surface area (Å²) in [6.45, 7) is 2.63. The first-order valence-corrected chi connectivity index (χ1v) is 4.24. The number of ether oxygens (including phenoxy) is 1. The highest BCUT2D eigenvalue weighted by molar-refractivity contribution is 7.85. The fourth-order valence-corrected chi connectivity index (χ4v) is 1.80. The number of hydrogen-bond donors (Lipinski definition) is 0. The molecular formula is C5H10O2S. The molecule has 1 rings (SSSR count). The van der Waals surface area contributed by atoms with Crippen molar-refractivity contribution >= 4 is 10.8 Å². The second-order valence-electron chi connectivity index (χ2n) is 1.99. The van der Waals surface area contributed by atoms with Crippen molar-refractivity contribution in [3.8, 4) is 0 Å². The Labute approximate surface area is 51.7 Å². The van der Waals surface area contributed by atoms with Crippen LogP contribution in [0, 0.1) is 0 Å². The third kappa shape index (κ3) is 1.56. The molecular weight excluding hydrogens is 124 g/mol. The van der Waals surface area contributed by atoms with Crippen LogP contribution in [0.1, 0.15) is 6.92 Å². The van der Waals surface area contributed by atoms with Crippen LogP contribution in [0.3, 0.4) is 0 Å². The van der Waals surface area contributed by atoms with Crippen molar-refractivity contribution in [2.45, 2.75) is 13.0 Å². The van der Waals surface area contributed by atoms with Gasteiger partial charge in [-0.25, -0.2) is 0 Å². The van der Waals surface area contributed by atoms with Gasteiger partial charge in [-0.05, 0) is 6.92 Å². The summed E-state index contributed by atoms with van der Waals surface area (Å²) in [4.78, 5) is 0. The van der Waals surface area contributed by atoms with E-state index in [-0.39, 0.29) is 6.10 Å². The zero-order chi connectivity index (χ0) is 5.98. The van der Waals surface area contributed by atoms with Gasteiger partial charge in [0, 0.05) is 22.3 Å². The van der Waals surface area contributed by atoms with E-state index in [0.29, 0.717) is 6.61 Å². The molecule has 0 bridgehead atoms. The van der Waals surface area contributed by atoms with Crippen molar-refractivity contribution in [1.82, 2.24) is 0 Å². The van der Waals surface area contributed by atoms with Gasteiger partial charge in [0.15, 0.2) is 0 Å². The Kier molecular flexibility index (Phi) is 2.02. The summed E-state index contributed by atoms with van der Waals surface area (Å²) in [7, 11) is -0.595. The lowest BCUT2D eigenvalue weighted by Crippen LogP contribution is -2.27. The smallest absolute Gasteiger partial charge is 0.0662 e. The summed E-state index contributed by atoms with van der Waals surface area (Å²) in [5.74, 6) is 1.45. The quantitative estimate of drug-likeness (QED) is 0.471. The Morgan fingerprint density at radius 1 is 1.75 bits per heavy atom. The summed E-state index contributed by atoms with van der Waals surface area (Å²) in [6, 6.07) is 0. The minimum absolute atomic E-state index is 0.213. The molecule has 1 heterocycles. The molecule has 0 aromatic heterocycles. The van der Waals surface area contributed by atoms with Crippen molar-refractivity contribution < 1.29 is 8.95 Å². The molecule has 1 saturated heterocycles. The summed E-state index contributed by atoms with van der Waals surface area (Å²) in [5.41, 5.74) is 0. The first-order valence-electron chi connectivity index (χ1n) is 2.75. The Hall–Kier alpha value is 0.110. The highest BCUT2D eigenvalue weighted by atomic mass is 32.2. The lowest BCUT2D eigenvalue weighted by atomic mass is 10.5. The van der Waals surface area contributed by atoms with Gasteiger partial charge in [0.1, 0.15) is 0 Å². The Morgan fingerprint density at radius 2 is 2.50 bits per heavy atom. The summed E-state index contributed by atoms with van der Waals surface area (Å²) in [6.07, 6.45) is 0.213. The van der Waals surface area contributed by atoms with Gasteiger partial charge < -0.3 is 4.74 Å². The predicted molar refractivity (Wildman–Crippen MR) is 33.3 cm³/mol. The highest BCUT2D eigenvalue weighted by Gasteiger charge is 2.13. The lowest BCUT2D eigenvalue weighted by molar-refractivity contribution is 0.0872. The van der Waals surface area contributed by atoms with Gasteiger partial charge in [0.2, 0.25) is 0 Å². The Balaban J connectivity index is 2.34. The minimum atomic E-state index is -0.595. The molecule has 1 aliphatic heterocycles. The molecule has 3 heteroatoms. The van der Waals surface area contributed by atoms with Gasteiger partial charge in [-0.2, -0.15) is 0 Å². The maximum Gasteiger partial charge on any atom is 0.0662 e. The maximum atomic E-state index is 10.7. The fourth-order valence-electron chi connectivity index (χ4n) is 0.735. The SMILES string of the molecule is CC1CS(=O)CCO1. The van der Waals surface area contributed by atoms with Crippen molar-refractivity contribution in [1.29, 1.82) is 0 Å². The summed E-state index contributed by atoms with van der Waals surface area (Å²) >= 11 is 0. The van der Waals surface area contributed by atoms with Crippen LogP contribution in [0.25, 0.3) is 0 Å². The van der Waals surface area contributed by atoms with Gasteiger partial charge in [0.05, 0.1) is 12.7 Å². The van der Waals surface area contributed by atoms with Crippen molar-refractivity contribution in [2.24, 2.45) is 0 Å². The van der Waals surface area contributed by atoms with Crippen LogP contribution in [0.4, 0.5) is 0 Å². The van der Waals surface area contributed by atoms with Crippen LogP contribution >= 0.6 is 0 Å². The van der Waals surface area contributed by atoms with Gasteiger partial charge in [-0.15, -0.1) is 0 Å². The molecule has 2 unspecified atom stereocenters. The summed E-state index contributed by atoms with van der Waals surface area (Å²) < 4.78 is 15.9. The van der Waals surface area contributed by atoms with E-state index in [1.165, 1.54) is 0 Å². The van der Waals surface area contributed by atoms with E-state index in [9.17, 15) is 4.21 Å². The highest BCUT2D eigenvalue weighted by Crippen LogP contribution is 2.00. The maximum absolute atomic E-state index is 10.7. The molecule has 0 amide bonds. The molecule has 2 nitrogen and oxygen atoms in total. The molecule has 1 aliphatic rings. The largest absolute Gasteiger partial charge is 0.377 e. The molecule has 0 saturated carbocycles. The zero-order valence-electron chi connectivity index (χ0n) is 4.92. The molecule has 8 heavy (non-hydrogen) atoms. The van der Waals surface area contributed by atoms with E-state index >= 15 is 0 Å². The third-order valence-electron chi connectivity index (χ3n) is 1.13. The van der Waals surface area contributed by atoms with E-state index in [1.54, 1.807) is 0 Å². The van der Waals surface area contributed by atoms with Crippen LogP contribution in [-0.2, 0) is 15.5 Å². The monoisotopic (exact) mass is 134 g/mol. The molecule has 1 fully saturated rings. The number of rotatable bonds is 0. The van der Waals surface area contributed by atoms with Crippen LogP contribution < -0.4 is 0 Å². The molecule has 2 atom stereocenters. The zero-order valence-corrected chi connectivity index (χ0v) is 5.74. The Morgan fingerprint density at radius 3 is 2.88 bits per heavy atom. The fraction of sp³-hybridized carbons (Fsp3) is 1.00. The lowest BCUT2D eigenvalue weighted by Gasteiger charge is -2.17. The number of hydrogen-bond acceptors (Lipinski definition) is 2. The second-order valence-corrected chi connectivity index (χ2v) is 3.61. The predicted octanol–water partition coefficient (Wildman–Crippen LogP) is 0.154.